The summed E-state index contributed by atoms with van der Waals surface area (Å²) in [5, 5.41) is 18.4. The molecule has 0 fully saturated rings. The highest BCUT2D eigenvalue weighted by Gasteiger charge is 2.25. The molecule has 0 bridgehead atoms. The van der Waals surface area contributed by atoms with Crippen LogP contribution in [0.25, 0.3) is 0 Å². The van der Waals surface area contributed by atoms with Crippen LogP contribution in [0.3, 0.4) is 0 Å². The summed E-state index contributed by atoms with van der Waals surface area (Å²) < 4.78 is 24.9. The summed E-state index contributed by atoms with van der Waals surface area (Å²) in [6.07, 6.45) is -2.29. The second kappa shape index (κ2) is 4.45. The van der Waals surface area contributed by atoms with Gasteiger partial charge in [-0.25, -0.2) is 8.78 Å². The number of aromatic nitrogens is 1. The molecular weight excluding hydrogens is 234 g/mol. The van der Waals surface area contributed by atoms with E-state index < -0.39 is 34.2 Å². The van der Waals surface area contributed by atoms with Crippen LogP contribution in [0.15, 0.2) is 6.20 Å². The number of nitrogens with zero attached hydrogens (tertiary/aromatic N) is 2. The fourth-order valence-corrected chi connectivity index (χ4v) is 1.31. The van der Waals surface area contributed by atoms with Crippen molar-refractivity contribution in [2.75, 3.05) is 0 Å². The van der Waals surface area contributed by atoms with E-state index in [1.807, 2.05) is 0 Å². The second-order valence-electron chi connectivity index (χ2n) is 2.53. The third kappa shape index (κ3) is 2.18. The molecule has 0 saturated carbocycles. The summed E-state index contributed by atoms with van der Waals surface area (Å²) in [7, 11) is 0. The maximum Gasteiger partial charge on any atom is 0.306 e. The first-order valence-electron chi connectivity index (χ1n) is 3.69. The fourth-order valence-electron chi connectivity index (χ4n) is 1.00. The minimum absolute atomic E-state index is 0.361. The normalized spacial score (nSPS) is 10.7. The summed E-state index contributed by atoms with van der Waals surface area (Å²) in [4.78, 5) is 12.8. The zero-order valence-corrected chi connectivity index (χ0v) is 7.91. The van der Waals surface area contributed by atoms with Gasteiger partial charge in [-0.1, -0.05) is 11.6 Å². The predicted octanol–water partition coefficient (Wildman–Crippen LogP) is 2.07. The van der Waals surface area contributed by atoms with Gasteiger partial charge in [-0.05, 0) is 0 Å². The van der Waals surface area contributed by atoms with Crippen molar-refractivity contribution in [2.24, 2.45) is 0 Å². The van der Waals surface area contributed by atoms with Crippen LogP contribution >= 0.6 is 11.6 Å². The summed E-state index contributed by atoms with van der Waals surface area (Å²) in [5.41, 5.74) is -1.86. The van der Waals surface area contributed by atoms with Crippen LogP contribution in [-0.2, 0) is 6.61 Å². The Morgan fingerprint density at radius 2 is 2.27 bits per heavy atom. The molecule has 5 nitrogen and oxygen atoms in total. The van der Waals surface area contributed by atoms with Crippen LogP contribution in [0.2, 0.25) is 5.02 Å². The minimum atomic E-state index is -3.02. The van der Waals surface area contributed by atoms with Gasteiger partial charge in [-0.3, -0.25) is 15.1 Å². The quantitative estimate of drug-likeness (QED) is 0.646. The molecule has 0 radical (unpaired) electrons. The van der Waals surface area contributed by atoms with Crippen LogP contribution in [0.4, 0.5) is 14.5 Å². The smallest absolute Gasteiger partial charge is 0.306 e. The van der Waals surface area contributed by atoms with Crippen molar-refractivity contribution in [3.8, 4) is 0 Å². The van der Waals surface area contributed by atoms with Gasteiger partial charge in [0.15, 0.2) is 0 Å². The van der Waals surface area contributed by atoms with E-state index in [4.69, 9.17) is 16.7 Å². The van der Waals surface area contributed by atoms with E-state index in [9.17, 15) is 18.9 Å². The van der Waals surface area contributed by atoms with Gasteiger partial charge in [-0.2, -0.15) is 0 Å². The molecule has 1 aromatic heterocycles. The Hall–Kier alpha value is -1.34. The average Bonchev–Trinajstić information content (AvgIpc) is 2.15. The lowest BCUT2D eigenvalue weighted by molar-refractivity contribution is -0.385. The van der Waals surface area contributed by atoms with Crippen molar-refractivity contribution >= 4 is 17.3 Å². The van der Waals surface area contributed by atoms with Crippen molar-refractivity contribution in [1.82, 2.24) is 4.98 Å². The molecule has 1 rings (SSSR count). The van der Waals surface area contributed by atoms with Crippen LogP contribution in [0.1, 0.15) is 17.7 Å². The van der Waals surface area contributed by atoms with Gasteiger partial charge >= 0.3 is 5.69 Å². The van der Waals surface area contributed by atoms with E-state index >= 15 is 0 Å². The lowest BCUT2D eigenvalue weighted by atomic mass is 10.2. The third-order valence-corrected chi connectivity index (χ3v) is 2.08. The van der Waals surface area contributed by atoms with E-state index in [-0.39, 0.29) is 5.69 Å². The number of pyridine rings is 1. The number of hydrogen-bond acceptors (Lipinski definition) is 4. The average molecular weight is 239 g/mol. The Bertz CT molecular complexity index is 400. The van der Waals surface area contributed by atoms with Crippen LogP contribution in [0.5, 0.6) is 0 Å². The van der Waals surface area contributed by atoms with Crippen molar-refractivity contribution < 1.29 is 18.8 Å². The number of alkyl halides is 2. The molecule has 0 unspecified atom stereocenters. The highest BCUT2D eigenvalue weighted by molar-refractivity contribution is 6.33. The summed E-state index contributed by atoms with van der Waals surface area (Å²) in [5.74, 6) is 0. The van der Waals surface area contributed by atoms with Crippen LogP contribution < -0.4 is 0 Å². The van der Waals surface area contributed by atoms with Gasteiger partial charge in [0.2, 0.25) is 0 Å². The summed E-state index contributed by atoms with van der Waals surface area (Å²) in [6, 6.07) is 0. The minimum Gasteiger partial charge on any atom is -0.390 e. The maximum atomic E-state index is 12.5. The first-order chi connectivity index (χ1) is 6.99. The van der Waals surface area contributed by atoms with Crippen LogP contribution in [0, 0.1) is 10.1 Å². The molecule has 0 saturated heterocycles. The van der Waals surface area contributed by atoms with E-state index in [0.717, 1.165) is 6.20 Å². The fraction of sp³-hybridized carbons (Fsp3) is 0.286. The molecule has 0 aliphatic heterocycles. The second-order valence-corrected chi connectivity index (χ2v) is 2.91. The standard InChI is InChI=1S/C7H5ClF2N2O3/c8-6-4(12(14)15)1-11-3(2-13)5(6)7(9)10/h1,7,13H,2H2. The number of aliphatic hydroxyl groups excluding tert-OH is 1. The maximum absolute atomic E-state index is 12.5. The highest BCUT2D eigenvalue weighted by Crippen LogP contribution is 2.35. The van der Waals surface area contributed by atoms with Gasteiger partial charge in [0.25, 0.3) is 6.43 Å². The molecule has 0 amide bonds. The van der Waals surface area contributed by atoms with Crippen LogP contribution in [-0.4, -0.2) is 15.0 Å². The van der Waals surface area contributed by atoms with Crippen molar-refractivity contribution in [1.29, 1.82) is 0 Å². The molecule has 1 heterocycles. The Kier molecular flexibility index (Phi) is 3.48. The molecule has 15 heavy (non-hydrogen) atoms. The lowest BCUT2D eigenvalue weighted by Crippen LogP contribution is -2.02. The van der Waals surface area contributed by atoms with Gasteiger partial charge in [0.05, 0.1) is 22.8 Å². The molecule has 0 atom stereocenters. The number of halogens is 3. The van der Waals surface area contributed by atoms with Gasteiger partial charge in [0, 0.05) is 0 Å². The largest absolute Gasteiger partial charge is 0.390 e. The Labute approximate surface area is 87.5 Å². The highest BCUT2D eigenvalue weighted by atomic mass is 35.5. The number of hydrogen-bond donors (Lipinski definition) is 1. The molecule has 8 heteroatoms. The molecule has 82 valence electrons. The number of rotatable bonds is 3. The zero-order valence-electron chi connectivity index (χ0n) is 7.15. The number of nitro groups is 1. The third-order valence-electron chi connectivity index (χ3n) is 1.68. The Morgan fingerprint density at radius 1 is 1.67 bits per heavy atom. The summed E-state index contributed by atoms with van der Waals surface area (Å²) >= 11 is 5.41. The van der Waals surface area contributed by atoms with Gasteiger partial charge < -0.3 is 5.11 Å². The lowest BCUT2D eigenvalue weighted by Gasteiger charge is -2.07. The van der Waals surface area contributed by atoms with E-state index in [0.29, 0.717) is 0 Å². The molecule has 0 aliphatic rings. The van der Waals surface area contributed by atoms with Crippen molar-refractivity contribution in [2.45, 2.75) is 13.0 Å². The van der Waals surface area contributed by atoms with E-state index in [2.05, 4.69) is 4.98 Å². The molecule has 0 aliphatic carbocycles. The first kappa shape index (κ1) is 11.7. The topological polar surface area (TPSA) is 76.3 Å². The monoisotopic (exact) mass is 238 g/mol. The molecule has 0 spiro atoms. The van der Waals surface area contributed by atoms with E-state index in [1.165, 1.54) is 0 Å². The Balaban J connectivity index is 3.42. The SMILES string of the molecule is O=[N+]([O-])c1cnc(CO)c(C(F)F)c1Cl. The van der Waals surface area contributed by atoms with Gasteiger partial charge in [0.1, 0.15) is 11.2 Å². The molecule has 0 aromatic carbocycles. The molecule has 1 N–H and O–H groups in total. The van der Waals surface area contributed by atoms with E-state index in [1.54, 1.807) is 0 Å². The van der Waals surface area contributed by atoms with Crippen molar-refractivity contribution in [3.05, 3.63) is 32.6 Å². The molecular formula is C7H5ClF2N2O3. The zero-order chi connectivity index (χ0) is 11.6. The first-order valence-corrected chi connectivity index (χ1v) is 4.07. The summed E-state index contributed by atoms with van der Waals surface area (Å²) in [6.45, 7) is -0.753. The van der Waals surface area contributed by atoms with Gasteiger partial charge in [-0.15, -0.1) is 0 Å². The van der Waals surface area contributed by atoms with Crippen molar-refractivity contribution in [3.63, 3.8) is 0 Å². The number of aliphatic hydroxyl groups is 1. The molecule has 1 aromatic rings. The predicted molar refractivity (Wildman–Crippen MR) is 46.8 cm³/mol. The Morgan fingerprint density at radius 3 is 2.67 bits per heavy atom.